The Bertz CT molecular complexity index is 674. The molecule has 6 heteroatoms. The number of carboxylic acid groups (broad SMARTS) is 1. The number of hydrogen-bond acceptors (Lipinski definition) is 4. The molecule has 0 saturated heterocycles. The Morgan fingerprint density at radius 3 is 2.85 bits per heavy atom. The summed E-state index contributed by atoms with van der Waals surface area (Å²) in [5, 5.41) is 16.8. The van der Waals surface area contributed by atoms with Gasteiger partial charge in [-0.25, -0.2) is 9.78 Å². The third-order valence-electron chi connectivity index (χ3n) is 3.39. The van der Waals surface area contributed by atoms with Crippen molar-refractivity contribution in [1.82, 2.24) is 14.8 Å². The predicted octanol–water partition coefficient (Wildman–Crippen LogP) is 2.44. The quantitative estimate of drug-likeness (QED) is 0.893. The number of hydrogen-bond donors (Lipinski definition) is 2. The van der Waals surface area contributed by atoms with Crippen LogP contribution >= 0.6 is 0 Å². The molecule has 1 aliphatic rings. The molecule has 2 N–H and O–H groups in total. The predicted molar refractivity (Wildman–Crippen MR) is 74.4 cm³/mol. The number of carboxylic acids is 1. The summed E-state index contributed by atoms with van der Waals surface area (Å²) in [7, 11) is 1.84. The minimum atomic E-state index is -1.04. The average molecular weight is 272 g/mol. The smallest absolute Gasteiger partial charge is 0.356 e. The Labute approximate surface area is 116 Å². The summed E-state index contributed by atoms with van der Waals surface area (Å²) >= 11 is 0. The molecular formula is C14H16N4O2. The van der Waals surface area contributed by atoms with Crippen LogP contribution in [0.2, 0.25) is 0 Å². The van der Waals surface area contributed by atoms with E-state index >= 15 is 0 Å². The fourth-order valence-electron chi connectivity index (χ4n) is 2.14. The molecule has 3 rings (SSSR count). The molecule has 0 aromatic carbocycles. The number of nitrogens with one attached hydrogen (secondary N) is 1. The van der Waals surface area contributed by atoms with E-state index in [1.54, 1.807) is 23.7 Å². The standard InChI is InChI=1S/C14H16N4O2/c1-8-3-6-10(13(15-8)14(19)20)16-12-7-11(9-4-5-9)17-18(12)2/h3,6-7,9,16H,4-5H2,1-2H3,(H,19,20). The minimum Gasteiger partial charge on any atom is -0.476 e. The zero-order valence-corrected chi connectivity index (χ0v) is 11.4. The molecule has 0 amide bonds. The molecule has 0 spiro atoms. The van der Waals surface area contributed by atoms with Crippen molar-refractivity contribution >= 4 is 17.5 Å². The van der Waals surface area contributed by atoms with Gasteiger partial charge in [-0.1, -0.05) is 0 Å². The monoisotopic (exact) mass is 272 g/mol. The molecule has 0 radical (unpaired) electrons. The van der Waals surface area contributed by atoms with Crippen LogP contribution in [0.5, 0.6) is 0 Å². The number of anilines is 2. The fraction of sp³-hybridized carbons (Fsp3) is 0.357. The highest BCUT2D eigenvalue weighted by molar-refractivity contribution is 5.92. The van der Waals surface area contributed by atoms with E-state index in [0.717, 1.165) is 11.5 Å². The van der Waals surface area contributed by atoms with Gasteiger partial charge in [0.15, 0.2) is 5.69 Å². The van der Waals surface area contributed by atoms with Crippen molar-refractivity contribution in [2.45, 2.75) is 25.7 Å². The topological polar surface area (TPSA) is 80.0 Å². The van der Waals surface area contributed by atoms with Gasteiger partial charge in [0, 0.05) is 24.7 Å². The lowest BCUT2D eigenvalue weighted by Crippen LogP contribution is -2.08. The molecule has 2 heterocycles. The van der Waals surface area contributed by atoms with Gasteiger partial charge in [0.25, 0.3) is 0 Å². The molecule has 20 heavy (non-hydrogen) atoms. The molecule has 1 fully saturated rings. The van der Waals surface area contributed by atoms with Crippen molar-refractivity contribution in [3.05, 3.63) is 35.3 Å². The zero-order valence-electron chi connectivity index (χ0n) is 11.4. The number of aromatic nitrogens is 3. The van der Waals surface area contributed by atoms with Gasteiger partial charge in [-0.15, -0.1) is 0 Å². The average Bonchev–Trinajstić information content (AvgIpc) is 3.17. The highest BCUT2D eigenvalue weighted by Crippen LogP contribution is 2.40. The van der Waals surface area contributed by atoms with E-state index in [9.17, 15) is 9.90 Å². The van der Waals surface area contributed by atoms with Crippen molar-refractivity contribution in [3.63, 3.8) is 0 Å². The van der Waals surface area contributed by atoms with Gasteiger partial charge in [-0.05, 0) is 31.9 Å². The van der Waals surface area contributed by atoms with Crippen LogP contribution in [-0.4, -0.2) is 25.8 Å². The third-order valence-corrected chi connectivity index (χ3v) is 3.39. The lowest BCUT2D eigenvalue weighted by Gasteiger charge is -2.09. The second-order valence-corrected chi connectivity index (χ2v) is 5.13. The first-order valence-electron chi connectivity index (χ1n) is 6.56. The zero-order chi connectivity index (χ0) is 14.3. The van der Waals surface area contributed by atoms with Crippen molar-refractivity contribution in [2.24, 2.45) is 7.05 Å². The highest BCUT2D eigenvalue weighted by atomic mass is 16.4. The van der Waals surface area contributed by atoms with Crippen LogP contribution in [0.1, 0.15) is 40.6 Å². The van der Waals surface area contributed by atoms with Crippen molar-refractivity contribution in [2.75, 3.05) is 5.32 Å². The molecule has 1 aliphatic carbocycles. The van der Waals surface area contributed by atoms with Gasteiger partial charge in [-0.2, -0.15) is 5.10 Å². The number of aryl methyl sites for hydroxylation is 2. The van der Waals surface area contributed by atoms with Crippen LogP contribution < -0.4 is 5.32 Å². The van der Waals surface area contributed by atoms with Crippen LogP contribution in [0.15, 0.2) is 18.2 Å². The number of aromatic carboxylic acids is 1. The summed E-state index contributed by atoms with van der Waals surface area (Å²) in [5.74, 6) is 0.299. The summed E-state index contributed by atoms with van der Waals surface area (Å²) in [6.07, 6.45) is 2.37. The largest absolute Gasteiger partial charge is 0.476 e. The molecule has 0 aliphatic heterocycles. The number of pyridine rings is 1. The van der Waals surface area contributed by atoms with Gasteiger partial charge in [0.2, 0.25) is 0 Å². The molecule has 1 saturated carbocycles. The summed E-state index contributed by atoms with van der Waals surface area (Å²) in [6.45, 7) is 1.77. The van der Waals surface area contributed by atoms with Crippen LogP contribution in [0.4, 0.5) is 11.5 Å². The third kappa shape index (κ3) is 2.36. The van der Waals surface area contributed by atoms with Crippen LogP contribution in [-0.2, 0) is 7.05 Å². The number of rotatable bonds is 4. The Kier molecular flexibility index (Phi) is 2.93. The van der Waals surface area contributed by atoms with E-state index in [0.29, 0.717) is 17.3 Å². The Morgan fingerprint density at radius 2 is 2.20 bits per heavy atom. The van der Waals surface area contributed by atoms with Crippen molar-refractivity contribution < 1.29 is 9.90 Å². The molecule has 6 nitrogen and oxygen atoms in total. The maximum atomic E-state index is 11.2. The molecule has 0 atom stereocenters. The maximum Gasteiger partial charge on any atom is 0.356 e. The molecule has 0 bridgehead atoms. The number of carbonyl (C=O) groups is 1. The van der Waals surface area contributed by atoms with E-state index in [1.165, 1.54) is 12.8 Å². The second kappa shape index (κ2) is 4.63. The van der Waals surface area contributed by atoms with Crippen LogP contribution in [0, 0.1) is 6.92 Å². The Balaban J connectivity index is 1.92. The van der Waals surface area contributed by atoms with Gasteiger partial charge in [0.1, 0.15) is 5.82 Å². The summed E-state index contributed by atoms with van der Waals surface area (Å²) in [6, 6.07) is 5.49. The van der Waals surface area contributed by atoms with E-state index in [2.05, 4.69) is 15.4 Å². The van der Waals surface area contributed by atoms with Gasteiger partial charge in [0.05, 0.1) is 11.4 Å². The SMILES string of the molecule is Cc1ccc(Nc2cc(C3CC3)nn2C)c(C(=O)O)n1. The summed E-state index contributed by atoms with van der Waals surface area (Å²) in [5.41, 5.74) is 2.25. The van der Waals surface area contributed by atoms with E-state index in [1.807, 2.05) is 13.1 Å². The lowest BCUT2D eigenvalue weighted by atomic mass is 10.2. The minimum absolute atomic E-state index is 0.0270. The normalized spacial score (nSPS) is 14.3. The van der Waals surface area contributed by atoms with Crippen LogP contribution in [0.25, 0.3) is 0 Å². The first-order chi connectivity index (χ1) is 9.54. The van der Waals surface area contributed by atoms with E-state index < -0.39 is 5.97 Å². The van der Waals surface area contributed by atoms with E-state index in [-0.39, 0.29) is 5.69 Å². The first-order valence-corrected chi connectivity index (χ1v) is 6.56. The molecular weight excluding hydrogens is 256 g/mol. The van der Waals surface area contributed by atoms with Crippen molar-refractivity contribution in [1.29, 1.82) is 0 Å². The van der Waals surface area contributed by atoms with E-state index in [4.69, 9.17) is 0 Å². The first kappa shape index (κ1) is 12.7. The molecule has 0 unspecified atom stereocenters. The Morgan fingerprint density at radius 1 is 1.45 bits per heavy atom. The molecule has 2 aromatic heterocycles. The highest BCUT2D eigenvalue weighted by Gasteiger charge is 2.27. The Hall–Kier alpha value is -2.37. The fourth-order valence-corrected chi connectivity index (χ4v) is 2.14. The van der Waals surface area contributed by atoms with Gasteiger partial charge < -0.3 is 10.4 Å². The maximum absolute atomic E-state index is 11.2. The lowest BCUT2D eigenvalue weighted by molar-refractivity contribution is 0.0691. The summed E-state index contributed by atoms with van der Waals surface area (Å²) in [4.78, 5) is 15.3. The molecule has 2 aromatic rings. The van der Waals surface area contributed by atoms with Crippen molar-refractivity contribution in [3.8, 4) is 0 Å². The van der Waals surface area contributed by atoms with Crippen LogP contribution in [0.3, 0.4) is 0 Å². The van der Waals surface area contributed by atoms with Gasteiger partial charge >= 0.3 is 5.97 Å². The number of nitrogens with zero attached hydrogens (tertiary/aromatic N) is 3. The summed E-state index contributed by atoms with van der Waals surface area (Å²) < 4.78 is 1.74. The van der Waals surface area contributed by atoms with Gasteiger partial charge in [-0.3, -0.25) is 4.68 Å². The molecule has 104 valence electrons. The second-order valence-electron chi connectivity index (χ2n) is 5.13.